The van der Waals surface area contributed by atoms with E-state index in [0.717, 1.165) is 19.6 Å². The molecule has 0 amide bonds. The van der Waals surface area contributed by atoms with Crippen LogP contribution in [0.5, 0.6) is 0 Å². The van der Waals surface area contributed by atoms with E-state index in [4.69, 9.17) is 4.98 Å². The van der Waals surface area contributed by atoms with Crippen LogP contribution >= 0.6 is 11.3 Å². The Labute approximate surface area is 120 Å². The van der Waals surface area contributed by atoms with E-state index in [2.05, 4.69) is 48.3 Å². The number of hydrogen-bond acceptors (Lipinski definition) is 5. The fraction of sp³-hybridized carbons (Fsp3) is 0.786. The molecule has 1 N–H and O–H groups in total. The first-order valence-corrected chi connectivity index (χ1v) is 8.13. The molecule has 0 aliphatic carbocycles. The van der Waals surface area contributed by atoms with E-state index in [1.807, 2.05) is 0 Å². The molecule has 0 bridgehead atoms. The zero-order chi connectivity index (χ0) is 13.8. The van der Waals surface area contributed by atoms with Gasteiger partial charge in [0.1, 0.15) is 0 Å². The number of likely N-dealkylation sites (N-methyl/N-ethyl adjacent to an activating group) is 1. The average Bonchev–Trinajstić information content (AvgIpc) is 2.77. The molecule has 2 rings (SSSR count). The molecule has 1 fully saturated rings. The Morgan fingerprint density at radius 1 is 1.53 bits per heavy atom. The van der Waals surface area contributed by atoms with Gasteiger partial charge in [0.2, 0.25) is 0 Å². The first-order chi connectivity index (χ1) is 9.11. The van der Waals surface area contributed by atoms with Crippen LogP contribution in [0.4, 0.5) is 5.13 Å². The first kappa shape index (κ1) is 14.8. The fourth-order valence-electron chi connectivity index (χ4n) is 2.67. The minimum absolute atomic E-state index is 0.347. The predicted octanol–water partition coefficient (Wildman–Crippen LogP) is 2.34. The van der Waals surface area contributed by atoms with E-state index in [-0.39, 0.29) is 0 Å². The monoisotopic (exact) mass is 282 g/mol. The van der Waals surface area contributed by atoms with Crippen LogP contribution in [-0.4, -0.2) is 49.2 Å². The van der Waals surface area contributed by atoms with Crippen LogP contribution < -0.4 is 10.2 Å². The van der Waals surface area contributed by atoms with Crippen LogP contribution in [0, 0.1) is 0 Å². The lowest BCUT2D eigenvalue weighted by Gasteiger charge is -2.27. The van der Waals surface area contributed by atoms with Gasteiger partial charge in [-0.25, -0.2) is 4.98 Å². The van der Waals surface area contributed by atoms with Gasteiger partial charge in [0.05, 0.1) is 5.69 Å². The number of thiazole rings is 1. The van der Waals surface area contributed by atoms with Crippen LogP contribution in [0.2, 0.25) is 0 Å². The van der Waals surface area contributed by atoms with E-state index in [1.54, 1.807) is 11.3 Å². The van der Waals surface area contributed by atoms with Crippen molar-refractivity contribution in [2.24, 2.45) is 0 Å². The predicted molar refractivity (Wildman–Crippen MR) is 83.1 cm³/mol. The molecule has 2 atom stereocenters. The molecule has 1 aromatic rings. The zero-order valence-electron chi connectivity index (χ0n) is 12.5. The van der Waals surface area contributed by atoms with Gasteiger partial charge in [0.15, 0.2) is 5.13 Å². The Bertz CT molecular complexity index is 393. The van der Waals surface area contributed by atoms with Crippen molar-refractivity contribution in [2.75, 3.05) is 38.1 Å². The molecule has 5 heteroatoms. The van der Waals surface area contributed by atoms with Crippen molar-refractivity contribution in [1.82, 2.24) is 15.2 Å². The quantitative estimate of drug-likeness (QED) is 0.918. The maximum atomic E-state index is 4.83. The number of nitrogens with zero attached hydrogens (tertiary/aromatic N) is 3. The Kier molecular flexibility index (Phi) is 5.19. The van der Waals surface area contributed by atoms with Gasteiger partial charge in [-0.3, -0.25) is 0 Å². The van der Waals surface area contributed by atoms with Crippen LogP contribution in [0.1, 0.15) is 38.9 Å². The summed E-state index contributed by atoms with van der Waals surface area (Å²) in [5.74, 6) is 0. The molecule has 108 valence electrons. The zero-order valence-corrected chi connectivity index (χ0v) is 13.3. The Morgan fingerprint density at radius 2 is 2.32 bits per heavy atom. The van der Waals surface area contributed by atoms with Crippen molar-refractivity contribution < 1.29 is 0 Å². The van der Waals surface area contributed by atoms with Crippen molar-refractivity contribution in [1.29, 1.82) is 0 Å². The maximum Gasteiger partial charge on any atom is 0.185 e. The molecule has 2 heterocycles. The lowest BCUT2D eigenvalue weighted by molar-refractivity contribution is 0.337. The smallest absolute Gasteiger partial charge is 0.185 e. The highest BCUT2D eigenvalue weighted by atomic mass is 32.1. The average molecular weight is 282 g/mol. The summed E-state index contributed by atoms with van der Waals surface area (Å²) in [6.45, 7) is 11.0. The van der Waals surface area contributed by atoms with Gasteiger partial charge in [-0.15, -0.1) is 11.3 Å². The van der Waals surface area contributed by atoms with E-state index in [1.165, 1.54) is 23.8 Å². The van der Waals surface area contributed by atoms with Gasteiger partial charge in [-0.2, -0.15) is 0 Å². The Morgan fingerprint density at radius 3 is 3.05 bits per heavy atom. The minimum atomic E-state index is 0.347. The molecule has 1 aliphatic heterocycles. The van der Waals surface area contributed by atoms with Crippen molar-refractivity contribution in [3.63, 3.8) is 0 Å². The second-order valence-electron chi connectivity index (χ2n) is 5.49. The number of aromatic nitrogens is 1. The first-order valence-electron chi connectivity index (χ1n) is 7.25. The third kappa shape index (κ3) is 3.68. The van der Waals surface area contributed by atoms with E-state index < -0.39 is 0 Å². The van der Waals surface area contributed by atoms with Crippen LogP contribution in [0.25, 0.3) is 0 Å². The summed E-state index contributed by atoms with van der Waals surface area (Å²) in [4.78, 5) is 9.72. The maximum absolute atomic E-state index is 4.83. The third-order valence-electron chi connectivity index (χ3n) is 3.76. The topological polar surface area (TPSA) is 31.4 Å². The van der Waals surface area contributed by atoms with Crippen LogP contribution in [0.3, 0.4) is 0 Å². The standard InChI is InChI=1S/C14H26N4S/c1-5-15-12(3)13-10-19-14(16-13)18-8-6-7-17(4)9-11(18)2/h10-12,15H,5-9H2,1-4H3. The molecular formula is C14H26N4S. The van der Waals surface area contributed by atoms with Gasteiger partial charge in [-0.1, -0.05) is 6.92 Å². The van der Waals surface area contributed by atoms with E-state index in [9.17, 15) is 0 Å². The second kappa shape index (κ2) is 6.68. The van der Waals surface area contributed by atoms with Gasteiger partial charge >= 0.3 is 0 Å². The second-order valence-corrected chi connectivity index (χ2v) is 6.33. The summed E-state index contributed by atoms with van der Waals surface area (Å²) in [5, 5.41) is 6.81. The minimum Gasteiger partial charge on any atom is -0.344 e. The molecule has 4 nitrogen and oxygen atoms in total. The summed E-state index contributed by atoms with van der Waals surface area (Å²) < 4.78 is 0. The molecule has 0 radical (unpaired) electrons. The summed E-state index contributed by atoms with van der Waals surface area (Å²) in [6, 6.07) is 0.890. The molecule has 1 aromatic heterocycles. The van der Waals surface area contributed by atoms with Gasteiger partial charge < -0.3 is 15.1 Å². The number of anilines is 1. The summed E-state index contributed by atoms with van der Waals surface area (Å²) in [5.41, 5.74) is 1.17. The summed E-state index contributed by atoms with van der Waals surface area (Å²) in [6.07, 6.45) is 1.22. The number of hydrogen-bond donors (Lipinski definition) is 1. The highest BCUT2D eigenvalue weighted by molar-refractivity contribution is 7.13. The summed E-state index contributed by atoms with van der Waals surface area (Å²) in [7, 11) is 2.21. The van der Waals surface area contributed by atoms with Crippen molar-refractivity contribution in [3.8, 4) is 0 Å². The molecule has 1 saturated heterocycles. The number of rotatable bonds is 4. The molecule has 0 aromatic carbocycles. The van der Waals surface area contributed by atoms with Gasteiger partial charge in [-0.05, 0) is 40.4 Å². The van der Waals surface area contributed by atoms with Crippen LogP contribution in [-0.2, 0) is 0 Å². The molecule has 0 spiro atoms. The summed E-state index contributed by atoms with van der Waals surface area (Å²) >= 11 is 1.78. The molecule has 19 heavy (non-hydrogen) atoms. The molecule has 0 saturated carbocycles. The van der Waals surface area contributed by atoms with Crippen molar-refractivity contribution in [2.45, 2.75) is 39.3 Å². The van der Waals surface area contributed by atoms with Gasteiger partial charge in [0, 0.05) is 30.6 Å². The Balaban J connectivity index is 2.08. The highest BCUT2D eigenvalue weighted by Crippen LogP contribution is 2.27. The molecular weight excluding hydrogens is 256 g/mol. The molecule has 2 unspecified atom stereocenters. The SMILES string of the molecule is CCNC(C)c1csc(N2CCCN(C)CC2C)n1. The Hall–Kier alpha value is -0.650. The van der Waals surface area contributed by atoms with Crippen molar-refractivity contribution in [3.05, 3.63) is 11.1 Å². The van der Waals surface area contributed by atoms with Gasteiger partial charge in [0.25, 0.3) is 0 Å². The molecule has 1 aliphatic rings. The van der Waals surface area contributed by atoms with Crippen LogP contribution in [0.15, 0.2) is 5.38 Å². The highest BCUT2D eigenvalue weighted by Gasteiger charge is 2.22. The fourth-order valence-corrected chi connectivity index (χ4v) is 3.72. The third-order valence-corrected chi connectivity index (χ3v) is 4.65. The number of nitrogens with one attached hydrogen (secondary N) is 1. The van der Waals surface area contributed by atoms with Crippen molar-refractivity contribution >= 4 is 16.5 Å². The van der Waals surface area contributed by atoms with E-state index in [0.29, 0.717) is 12.1 Å². The lowest BCUT2D eigenvalue weighted by atomic mass is 10.2. The van der Waals surface area contributed by atoms with E-state index >= 15 is 0 Å². The lowest BCUT2D eigenvalue weighted by Crippen LogP contribution is -2.37. The largest absolute Gasteiger partial charge is 0.344 e. The normalized spacial score (nSPS) is 23.4.